The van der Waals surface area contributed by atoms with Crippen LogP contribution >= 0.6 is 0 Å². The minimum Gasteiger partial charge on any atom is -0.331 e. The second kappa shape index (κ2) is 6.90. The topological polar surface area (TPSA) is 69.1 Å². The number of azide groups is 1. The molecule has 128 valence electrons. The summed E-state index contributed by atoms with van der Waals surface area (Å²) >= 11 is 0. The number of amides is 1. The van der Waals surface area contributed by atoms with Crippen molar-refractivity contribution >= 4 is 16.7 Å². The second-order valence-electron chi connectivity index (χ2n) is 6.50. The fraction of sp³-hybridized carbons (Fsp3) is 0.190. The van der Waals surface area contributed by atoms with Crippen LogP contribution in [0.15, 0.2) is 71.8 Å². The van der Waals surface area contributed by atoms with Crippen LogP contribution in [0.25, 0.3) is 21.2 Å². The summed E-state index contributed by atoms with van der Waals surface area (Å²) in [7, 11) is 0. The average Bonchev–Trinajstić information content (AvgIpc) is 2.70. The van der Waals surface area contributed by atoms with Crippen LogP contribution in [0.2, 0.25) is 0 Å². The van der Waals surface area contributed by atoms with Crippen molar-refractivity contribution in [1.82, 2.24) is 4.90 Å². The van der Waals surface area contributed by atoms with E-state index in [-0.39, 0.29) is 18.5 Å². The van der Waals surface area contributed by atoms with Gasteiger partial charge in [0.15, 0.2) is 0 Å². The van der Waals surface area contributed by atoms with Crippen LogP contribution in [-0.2, 0) is 13.0 Å². The molecule has 0 radical (unpaired) electrons. The van der Waals surface area contributed by atoms with Gasteiger partial charge < -0.3 is 4.90 Å². The molecule has 0 bridgehead atoms. The van der Waals surface area contributed by atoms with Gasteiger partial charge in [-0.25, -0.2) is 0 Å². The normalized spacial score (nSPS) is 16.0. The summed E-state index contributed by atoms with van der Waals surface area (Å²) in [6.45, 7) is 0.811. The Bertz CT molecular complexity index is 1020. The standard InChI is InChI=1S/C21H18N4O/c22-24-23-13-18-12-16-7-1-2-8-17(16)14-25(18)21(26)20-11-5-9-15-6-3-4-10-19(15)20/h1-11,18H,12-14H2. The van der Waals surface area contributed by atoms with E-state index in [9.17, 15) is 4.79 Å². The highest BCUT2D eigenvalue weighted by atomic mass is 16.2. The Labute approximate surface area is 151 Å². The molecule has 1 unspecified atom stereocenters. The first-order chi connectivity index (χ1) is 12.8. The van der Waals surface area contributed by atoms with E-state index < -0.39 is 0 Å². The first-order valence-corrected chi connectivity index (χ1v) is 8.64. The zero-order valence-corrected chi connectivity index (χ0v) is 14.2. The molecule has 0 aliphatic carbocycles. The summed E-state index contributed by atoms with van der Waals surface area (Å²) in [5.41, 5.74) is 11.8. The molecular weight excluding hydrogens is 324 g/mol. The predicted octanol–water partition coefficient (Wildman–Crippen LogP) is 4.72. The summed E-state index contributed by atoms with van der Waals surface area (Å²) in [4.78, 5) is 18.1. The fourth-order valence-electron chi connectivity index (χ4n) is 3.69. The van der Waals surface area contributed by atoms with Crippen LogP contribution in [0, 0.1) is 0 Å². The van der Waals surface area contributed by atoms with E-state index in [1.807, 2.05) is 59.5 Å². The molecule has 1 amide bonds. The van der Waals surface area contributed by atoms with Crippen molar-refractivity contribution in [3.05, 3.63) is 93.9 Å². The third-order valence-corrected chi connectivity index (χ3v) is 4.99. The van der Waals surface area contributed by atoms with Gasteiger partial charge in [0.2, 0.25) is 0 Å². The van der Waals surface area contributed by atoms with E-state index in [0.717, 1.165) is 16.3 Å². The highest BCUT2D eigenvalue weighted by Gasteiger charge is 2.30. The monoisotopic (exact) mass is 342 g/mol. The van der Waals surface area contributed by atoms with Gasteiger partial charge in [-0.2, -0.15) is 0 Å². The molecule has 1 aliphatic heterocycles. The molecule has 4 rings (SSSR count). The number of rotatable bonds is 3. The van der Waals surface area contributed by atoms with Crippen LogP contribution in [0.4, 0.5) is 0 Å². The van der Waals surface area contributed by atoms with E-state index in [0.29, 0.717) is 18.5 Å². The van der Waals surface area contributed by atoms with Crippen molar-refractivity contribution in [3.8, 4) is 0 Å². The predicted molar refractivity (Wildman–Crippen MR) is 102 cm³/mol. The molecule has 1 heterocycles. The van der Waals surface area contributed by atoms with Crippen molar-refractivity contribution in [2.24, 2.45) is 5.11 Å². The lowest BCUT2D eigenvalue weighted by Gasteiger charge is -2.36. The first kappa shape index (κ1) is 16.2. The number of nitrogens with zero attached hydrogens (tertiary/aromatic N) is 4. The minimum absolute atomic E-state index is 0.0190. The average molecular weight is 342 g/mol. The van der Waals surface area contributed by atoms with Gasteiger partial charge >= 0.3 is 0 Å². The quantitative estimate of drug-likeness (QED) is 0.386. The van der Waals surface area contributed by atoms with Gasteiger partial charge in [-0.3, -0.25) is 4.79 Å². The van der Waals surface area contributed by atoms with Gasteiger partial charge in [-0.1, -0.05) is 65.8 Å². The van der Waals surface area contributed by atoms with Crippen molar-refractivity contribution < 1.29 is 4.79 Å². The van der Waals surface area contributed by atoms with E-state index >= 15 is 0 Å². The molecule has 3 aromatic rings. The van der Waals surface area contributed by atoms with Crippen molar-refractivity contribution in [1.29, 1.82) is 0 Å². The number of hydrogen-bond donors (Lipinski definition) is 0. The molecule has 0 spiro atoms. The fourth-order valence-corrected chi connectivity index (χ4v) is 3.69. The lowest BCUT2D eigenvalue weighted by molar-refractivity contribution is 0.0650. The molecule has 5 nitrogen and oxygen atoms in total. The minimum atomic E-state index is -0.132. The van der Waals surface area contributed by atoms with E-state index in [1.54, 1.807) is 0 Å². The van der Waals surface area contributed by atoms with Crippen LogP contribution in [0.3, 0.4) is 0 Å². The molecule has 5 heteroatoms. The number of benzene rings is 3. The number of carbonyl (C=O) groups is 1. The zero-order valence-electron chi connectivity index (χ0n) is 14.2. The van der Waals surface area contributed by atoms with Crippen molar-refractivity contribution in [2.45, 2.75) is 19.0 Å². The highest BCUT2D eigenvalue weighted by Crippen LogP contribution is 2.27. The molecule has 0 fully saturated rings. The summed E-state index contributed by atoms with van der Waals surface area (Å²) < 4.78 is 0. The lowest BCUT2D eigenvalue weighted by Crippen LogP contribution is -2.46. The van der Waals surface area contributed by atoms with Gasteiger partial charge in [0.25, 0.3) is 5.91 Å². The van der Waals surface area contributed by atoms with Gasteiger partial charge in [-0.05, 0) is 39.9 Å². The van der Waals surface area contributed by atoms with E-state index in [1.165, 1.54) is 5.56 Å². The molecule has 0 N–H and O–H groups in total. The smallest absolute Gasteiger partial charge is 0.255 e. The Balaban J connectivity index is 1.75. The van der Waals surface area contributed by atoms with Crippen molar-refractivity contribution in [3.63, 3.8) is 0 Å². The van der Waals surface area contributed by atoms with Crippen LogP contribution in [0.5, 0.6) is 0 Å². The van der Waals surface area contributed by atoms with Crippen molar-refractivity contribution in [2.75, 3.05) is 6.54 Å². The van der Waals surface area contributed by atoms with Crippen LogP contribution in [-0.4, -0.2) is 23.4 Å². The molecular formula is C21H18N4O. The molecule has 0 saturated carbocycles. The maximum atomic E-state index is 13.4. The summed E-state index contributed by atoms with van der Waals surface area (Å²) in [5.74, 6) is -0.0190. The Morgan fingerprint density at radius 1 is 1.04 bits per heavy atom. The zero-order chi connectivity index (χ0) is 17.9. The molecule has 0 saturated heterocycles. The molecule has 1 atom stereocenters. The number of fused-ring (bicyclic) bond motifs is 2. The molecule has 0 aromatic heterocycles. The molecule has 1 aliphatic rings. The maximum Gasteiger partial charge on any atom is 0.255 e. The van der Waals surface area contributed by atoms with Gasteiger partial charge in [0, 0.05) is 29.6 Å². The van der Waals surface area contributed by atoms with Gasteiger partial charge in [0.1, 0.15) is 0 Å². The lowest BCUT2D eigenvalue weighted by atomic mass is 9.92. The molecule has 26 heavy (non-hydrogen) atoms. The third-order valence-electron chi connectivity index (χ3n) is 4.99. The number of carbonyl (C=O) groups excluding carboxylic acids is 1. The Kier molecular flexibility index (Phi) is 4.30. The summed E-state index contributed by atoms with van der Waals surface area (Å²) in [6, 6.07) is 21.7. The Hall–Kier alpha value is -3.30. The summed E-state index contributed by atoms with van der Waals surface area (Å²) in [6.07, 6.45) is 0.700. The van der Waals surface area contributed by atoms with Crippen LogP contribution < -0.4 is 0 Å². The Morgan fingerprint density at radius 3 is 2.62 bits per heavy atom. The largest absolute Gasteiger partial charge is 0.331 e. The van der Waals surface area contributed by atoms with Crippen LogP contribution in [0.1, 0.15) is 21.5 Å². The Morgan fingerprint density at radius 2 is 1.77 bits per heavy atom. The number of hydrogen-bond acceptors (Lipinski definition) is 2. The maximum absolute atomic E-state index is 13.4. The SMILES string of the molecule is [N-]=[N+]=NCC1Cc2ccccc2CN1C(=O)c1cccc2ccccc12. The molecule has 3 aromatic carbocycles. The highest BCUT2D eigenvalue weighted by molar-refractivity contribution is 6.07. The summed E-state index contributed by atoms with van der Waals surface area (Å²) in [5, 5.41) is 5.73. The van der Waals surface area contributed by atoms with E-state index in [4.69, 9.17) is 5.53 Å². The first-order valence-electron chi connectivity index (χ1n) is 8.64. The van der Waals surface area contributed by atoms with Gasteiger partial charge in [-0.15, -0.1) is 0 Å². The second-order valence-corrected chi connectivity index (χ2v) is 6.50. The van der Waals surface area contributed by atoms with E-state index in [2.05, 4.69) is 22.2 Å². The third kappa shape index (κ3) is 2.89. The van der Waals surface area contributed by atoms with Gasteiger partial charge in [0.05, 0.1) is 0 Å².